The smallest absolute Gasteiger partial charge is 0.254 e. The summed E-state index contributed by atoms with van der Waals surface area (Å²) in [5.74, 6) is 0.562. The second kappa shape index (κ2) is 8.71. The molecule has 0 spiro atoms. The molecule has 1 aromatic carbocycles. The molecule has 6 nitrogen and oxygen atoms in total. The first-order valence-electron chi connectivity index (χ1n) is 10.1. The third kappa shape index (κ3) is 4.52. The van der Waals surface area contributed by atoms with E-state index in [1.807, 2.05) is 4.90 Å². The van der Waals surface area contributed by atoms with Gasteiger partial charge in [-0.1, -0.05) is 13.8 Å². The van der Waals surface area contributed by atoms with Gasteiger partial charge in [-0.05, 0) is 62.4 Å². The zero-order valence-electron chi connectivity index (χ0n) is 16.4. The van der Waals surface area contributed by atoms with E-state index in [0.29, 0.717) is 24.6 Å². The molecule has 0 radical (unpaired) electrons. The fraction of sp³-hybridized carbons (Fsp3) is 0.650. The Morgan fingerprint density at radius 1 is 1.19 bits per heavy atom. The molecule has 2 saturated heterocycles. The van der Waals surface area contributed by atoms with Crippen LogP contribution in [0.25, 0.3) is 0 Å². The highest BCUT2D eigenvalue weighted by atomic mass is 32.2. The van der Waals surface area contributed by atoms with E-state index in [-0.39, 0.29) is 16.8 Å². The minimum atomic E-state index is -3.48. The van der Waals surface area contributed by atoms with Crippen LogP contribution in [0.2, 0.25) is 0 Å². The Morgan fingerprint density at radius 3 is 2.41 bits per heavy atom. The van der Waals surface area contributed by atoms with E-state index in [0.717, 1.165) is 45.3 Å². The summed E-state index contributed by atoms with van der Waals surface area (Å²) in [5.41, 5.74) is 0.557. The second-order valence-electron chi connectivity index (χ2n) is 7.76. The van der Waals surface area contributed by atoms with Crippen LogP contribution in [0, 0.1) is 5.92 Å². The molecule has 2 aliphatic rings. The lowest BCUT2D eigenvalue weighted by Crippen LogP contribution is -2.42. The molecule has 2 fully saturated rings. The average Bonchev–Trinajstić information content (AvgIpc) is 3.20. The first-order chi connectivity index (χ1) is 12.9. The van der Waals surface area contributed by atoms with E-state index < -0.39 is 10.0 Å². The first-order valence-corrected chi connectivity index (χ1v) is 11.5. The van der Waals surface area contributed by atoms with E-state index in [2.05, 4.69) is 19.2 Å². The maximum Gasteiger partial charge on any atom is 0.254 e. The minimum Gasteiger partial charge on any atom is -0.334 e. The number of nitrogens with one attached hydrogen (secondary N) is 1. The predicted octanol–water partition coefficient (Wildman–Crippen LogP) is 2.32. The predicted molar refractivity (Wildman–Crippen MR) is 106 cm³/mol. The number of benzene rings is 1. The fourth-order valence-electron chi connectivity index (χ4n) is 3.91. The van der Waals surface area contributed by atoms with Gasteiger partial charge in [0.05, 0.1) is 4.90 Å². The van der Waals surface area contributed by atoms with Crippen molar-refractivity contribution in [2.24, 2.45) is 5.92 Å². The molecule has 150 valence electrons. The highest BCUT2D eigenvalue weighted by Gasteiger charge is 2.29. The summed E-state index contributed by atoms with van der Waals surface area (Å²) >= 11 is 0. The number of rotatable bonds is 6. The molecule has 1 unspecified atom stereocenters. The topological polar surface area (TPSA) is 69.7 Å². The lowest BCUT2D eigenvalue weighted by molar-refractivity contribution is 0.0692. The fourth-order valence-corrected chi connectivity index (χ4v) is 5.38. The van der Waals surface area contributed by atoms with Crippen LogP contribution in [-0.2, 0) is 10.0 Å². The van der Waals surface area contributed by atoms with Gasteiger partial charge in [0.2, 0.25) is 10.0 Å². The molecule has 0 aliphatic carbocycles. The quantitative estimate of drug-likeness (QED) is 0.805. The Morgan fingerprint density at radius 2 is 1.85 bits per heavy atom. The van der Waals surface area contributed by atoms with Crippen molar-refractivity contribution in [1.29, 1.82) is 0 Å². The van der Waals surface area contributed by atoms with Gasteiger partial charge in [0, 0.05) is 37.8 Å². The van der Waals surface area contributed by atoms with Gasteiger partial charge in [-0.3, -0.25) is 4.79 Å². The second-order valence-corrected chi connectivity index (χ2v) is 9.69. The minimum absolute atomic E-state index is 0.0127. The number of hydrogen-bond acceptors (Lipinski definition) is 4. The molecule has 2 heterocycles. The Hall–Kier alpha value is -1.44. The van der Waals surface area contributed by atoms with Gasteiger partial charge in [-0.25, -0.2) is 8.42 Å². The zero-order chi connectivity index (χ0) is 19.4. The van der Waals surface area contributed by atoms with Crippen molar-refractivity contribution < 1.29 is 13.2 Å². The summed E-state index contributed by atoms with van der Waals surface area (Å²) in [5, 5.41) is 3.31. The molecule has 1 atom stereocenters. The van der Waals surface area contributed by atoms with E-state index in [1.54, 1.807) is 28.6 Å². The van der Waals surface area contributed by atoms with Crippen molar-refractivity contribution >= 4 is 15.9 Å². The van der Waals surface area contributed by atoms with Crippen molar-refractivity contribution in [3.05, 3.63) is 29.8 Å². The molecule has 7 heteroatoms. The number of sulfonamides is 1. The summed E-state index contributed by atoms with van der Waals surface area (Å²) in [6.45, 7) is 7.85. The third-order valence-corrected chi connectivity index (χ3v) is 7.59. The lowest BCUT2D eigenvalue weighted by Gasteiger charge is -2.30. The molecule has 3 rings (SSSR count). The summed E-state index contributed by atoms with van der Waals surface area (Å²) < 4.78 is 27.3. The summed E-state index contributed by atoms with van der Waals surface area (Å²) in [7, 11) is -3.48. The third-order valence-electron chi connectivity index (χ3n) is 5.68. The molecule has 0 aromatic heterocycles. The molecule has 2 aliphatic heterocycles. The summed E-state index contributed by atoms with van der Waals surface area (Å²) in [6, 6.07) is 6.70. The van der Waals surface area contributed by atoms with Crippen LogP contribution in [0.15, 0.2) is 29.2 Å². The van der Waals surface area contributed by atoms with E-state index in [4.69, 9.17) is 0 Å². The first kappa shape index (κ1) is 20.3. The van der Waals surface area contributed by atoms with E-state index in [9.17, 15) is 13.2 Å². The molecular formula is C20H31N3O3S. The van der Waals surface area contributed by atoms with Gasteiger partial charge in [-0.15, -0.1) is 0 Å². The van der Waals surface area contributed by atoms with E-state index in [1.165, 1.54) is 0 Å². The van der Waals surface area contributed by atoms with Gasteiger partial charge in [0.1, 0.15) is 0 Å². The van der Waals surface area contributed by atoms with Crippen LogP contribution >= 0.6 is 0 Å². The van der Waals surface area contributed by atoms with Crippen LogP contribution in [-0.4, -0.2) is 62.3 Å². The van der Waals surface area contributed by atoms with Crippen LogP contribution < -0.4 is 5.32 Å². The molecule has 1 N–H and O–H groups in total. The van der Waals surface area contributed by atoms with Crippen molar-refractivity contribution in [3.8, 4) is 0 Å². The van der Waals surface area contributed by atoms with Crippen molar-refractivity contribution in [3.63, 3.8) is 0 Å². The van der Waals surface area contributed by atoms with Crippen LogP contribution in [0.4, 0.5) is 0 Å². The number of carbonyl (C=O) groups is 1. The largest absolute Gasteiger partial charge is 0.334 e. The van der Waals surface area contributed by atoms with Crippen molar-refractivity contribution in [2.75, 3.05) is 32.7 Å². The number of carbonyl (C=O) groups excluding carboxylic acids is 1. The zero-order valence-corrected chi connectivity index (χ0v) is 17.2. The Bertz CT molecular complexity index is 734. The SMILES string of the molecule is CCCN(C(=O)c1ccc(S(=O)(=O)N2CCC(C)CC2)cc1)C1CCNC1. The van der Waals surface area contributed by atoms with Crippen LogP contribution in [0.5, 0.6) is 0 Å². The normalized spacial score (nSPS) is 22.1. The van der Waals surface area contributed by atoms with Crippen molar-refractivity contribution in [2.45, 2.75) is 50.5 Å². The molecule has 1 amide bonds. The molecule has 27 heavy (non-hydrogen) atoms. The Balaban J connectivity index is 1.74. The van der Waals surface area contributed by atoms with Gasteiger partial charge < -0.3 is 10.2 Å². The van der Waals surface area contributed by atoms with Crippen molar-refractivity contribution in [1.82, 2.24) is 14.5 Å². The summed E-state index contributed by atoms with van der Waals surface area (Å²) in [4.78, 5) is 15.2. The molecular weight excluding hydrogens is 362 g/mol. The monoisotopic (exact) mass is 393 g/mol. The maximum absolute atomic E-state index is 13.0. The molecule has 1 aromatic rings. The number of nitrogens with zero attached hydrogens (tertiary/aromatic N) is 2. The lowest BCUT2D eigenvalue weighted by atomic mass is 10.0. The summed E-state index contributed by atoms with van der Waals surface area (Å²) in [6.07, 6.45) is 3.67. The van der Waals surface area contributed by atoms with Gasteiger partial charge in [-0.2, -0.15) is 4.31 Å². The van der Waals surface area contributed by atoms with Gasteiger partial charge in [0.25, 0.3) is 5.91 Å². The van der Waals surface area contributed by atoms with Crippen LogP contribution in [0.3, 0.4) is 0 Å². The highest BCUT2D eigenvalue weighted by Crippen LogP contribution is 2.24. The number of piperidine rings is 1. The van der Waals surface area contributed by atoms with E-state index >= 15 is 0 Å². The number of amides is 1. The average molecular weight is 394 g/mol. The van der Waals surface area contributed by atoms with Gasteiger partial charge in [0.15, 0.2) is 0 Å². The Labute approximate surface area is 163 Å². The molecule has 0 bridgehead atoms. The maximum atomic E-state index is 13.0. The number of hydrogen-bond donors (Lipinski definition) is 1. The highest BCUT2D eigenvalue weighted by molar-refractivity contribution is 7.89. The van der Waals surface area contributed by atoms with Crippen LogP contribution in [0.1, 0.15) is 49.9 Å². The standard InChI is InChI=1S/C20H31N3O3S/c1-3-12-23(18-8-11-21-15-18)20(24)17-4-6-19(7-5-17)27(25,26)22-13-9-16(2)10-14-22/h4-7,16,18,21H,3,8-15H2,1-2H3. The van der Waals surface area contributed by atoms with Gasteiger partial charge >= 0.3 is 0 Å². The molecule has 0 saturated carbocycles. The Kier molecular flexibility index (Phi) is 6.55.